The molecule has 6 rings (SSSR count). The van der Waals surface area contributed by atoms with Gasteiger partial charge in [0.15, 0.2) is 19.7 Å². The van der Waals surface area contributed by atoms with Gasteiger partial charge < -0.3 is 9.47 Å². The highest BCUT2D eigenvalue weighted by molar-refractivity contribution is 7.92. The monoisotopic (exact) mass is 644 g/mol. The third kappa shape index (κ3) is 5.79. The van der Waals surface area contributed by atoms with Crippen molar-refractivity contribution in [3.05, 3.63) is 120 Å². The molecule has 6 atom stereocenters. The molecule has 4 aromatic rings. The van der Waals surface area contributed by atoms with Crippen molar-refractivity contribution >= 4 is 25.5 Å². The van der Waals surface area contributed by atoms with Crippen molar-refractivity contribution < 1.29 is 31.1 Å². The van der Waals surface area contributed by atoms with E-state index in [-0.39, 0.29) is 34.8 Å². The second-order valence-corrected chi connectivity index (χ2v) is 16.2. The number of carbonyl (C=O) groups is 1. The quantitative estimate of drug-likeness (QED) is 0.223. The number of carbonyl (C=O) groups excluding carboxylic acids is 1. The molecule has 2 aliphatic rings. The molecule has 0 saturated heterocycles. The molecule has 0 spiro atoms. The van der Waals surface area contributed by atoms with E-state index in [9.17, 15) is 21.6 Å². The first-order valence-electron chi connectivity index (χ1n) is 15.0. The fraction of sp³-hybridized carbons (Fsp3) is 0.306. The lowest BCUT2D eigenvalue weighted by Gasteiger charge is -2.48. The molecule has 0 aliphatic heterocycles. The lowest BCUT2D eigenvalue weighted by atomic mass is 9.61. The van der Waals surface area contributed by atoms with Gasteiger partial charge in [-0.25, -0.2) is 16.8 Å². The third-order valence-electron chi connectivity index (χ3n) is 9.62. The summed E-state index contributed by atoms with van der Waals surface area (Å²) in [5.74, 6) is -1.30. The molecule has 2 aliphatic carbocycles. The molecule has 0 heterocycles. The van der Waals surface area contributed by atoms with Crippen molar-refractivity contribution in [2.75, 3.05) is 14.2 Å². The molecule has 0 radical (unpaired) electrons. The van der Waals surface area contributed by atoms with Crippen LogP contribution in [0.1, 0.15) is 42.2 Å². The maximum atomic E-state index is 14.6. The number of hydrogen-bond donors (Lipinski definition) is 0. The zero-order valence-corrected chi connectivity index (χ0v) is 26.8. The topological polar surface area (TPSA) is 104 Å². The summed E-state index contributed by atoms with van der Waals surface area (Å²) in [7, 11) is -4.69. The molecular formula is C36H36O7S2. The Morgan fingerprint density at radius 3 is 1.51 bits per heavy atom. The molecule has 2 saturated carbocycles. The molecular weight excluding hydrogens is 609 g/mol. The third-order valence-corrected chi connectivity index (χ3v) is 14.2. The molecule has 2 fully saturated rings. The minimum absolute atomic E-state index is 0.00946. The summed E-state index contributed by atoms with van der Waals surface area (Å²) in [5.41, 5.74) is 1.51. The average molecular weight is 645 g/mol. The van der Waals surface area contributed by atoms with Gasteiger partial charge in [0.2, 0.25) is 0 Å². The van der Waals surface area contributed by atoms with Crippen LogP contribution < -0.4 is 9.47 Å². The number of ether oxygens (including phenoxy) is 2. The lowest BCUT2D eigenvalue weighted by Crippen LogP contribution is -2.53. The summed E-state index contributed by atoms with van der Waals surface area (Å²) >= 11 is 0. The first-order chi connectivity index (χ1) is 21.6. The van der Waals surface area contributed by atoms with Crippen molar-refractivity contribution in [2.24, 2.45) is 11.8 Å². The van der Waals surface area contributed by atoms with Crippen molar-refractivity contribution in [1.82, 2.24) is 0 Å². The highest BCUT2D eigenvalue weighted by Gasteiger charge is 2.56. The van der Waals surface area contributed by atoms with E-state index in [4.69, 9.17) is 9.47 Å². The molecule has 9 heteroatoms. The fourth-order valence-electron chi connectivity index (χ4n) is 7.42. The number of methoxy groups -OCH3 is 2. The van der Waals surface area contributed by atoms with Crippen molar-refractivity contribution in [2.45, 2.75) is 51.4 Å². The van der Waals surface area contributed by atoms with Crippen LogP contribution in [0.25, 0.3) is 0 Å². The standard InChI is InChI=1S/C36H36O7S2/c1-42-26-17-13-24(14-18-26)30-21-33-32(23-35(30)44(38,39)28-9-5-3-6-10-28)34(37)22-31(25-15-19-27(43-2)20-16-25)36(33)45(40,41)29-11-7-4-8-12-29/h3-20,30-33,35-36H,21-23H2,1-2H3/t30?,31?,32-,33+,35?,36?/m1/s1. The van der Waals surface area contributed by atoms with E-state index in [2.05, 4.69) is 0 Å². The van der Waals surface area contributed by atoms with Gasteiger partial charge in [0.1, 0.15) is 17.3 Å². The maximum Gasteiger partial charge on any atom is 0.182 e. The number of Topliss-reactive ketones (excluding diaryl/α,β-unsaturated/α-hetero) is 1. The SMILES string of the molecule is COc1ccc(C2C[C@@H]3C(S(=O)(=O)c4ccccc4)C(c4ccc(OC)cc4)CC(=O)[C@@H]3CC2S(=O)(=O)c2ccccc2)cc1. The summed E-state index contributed by atoms with van der Waals surface area (Å²) in [5, 5.41) is -1.84. The number of fused-ring (bicyclic) bond motifs is 1. The average Bonchev–Trinajstić information content (AvgIpc) is 3.08. The Labute approximate surface area is 265 Å². The van der Waals surface area contributed by atoms with Gasteiger partial charge in [0, 0.05) is 24.2 Å². The number of sulfone groups is 2. The molecule has 234 valence electrons. The number of hydrogen-bond acceptors (Lipinski definition) is 7. The first kappa shape index (κ1) is 31.0. The fourth-order valence-corrected chi connectivity index (χ4v) is 11.8. The summed E-state index contributed by atoms with van der Waals surface area (Å²) in [6, 6.07) is 31.2. The minimum atomic E-state index is -3.94. The maximum absolute atomic E-state index is 14.6. The van der Waals surface area contributed by atoms with E-state index in [1.54, 1.807) is 99.1 Å². The molecule has 0 aromatic heterocycles. The summed E-state index contributed by atoms with van der Waals surface area (Å²) in [6.45, 7) is 0. The van der Waals surface area contributed by atoms with Gasteiger partial charge in [0.25, 0.3) is 0 Å². The Morgan fingerprint density at radius 1 is 0.556 bits per heavy atom. The predicted octanol–water partition coefficient (Wildman–Crippen LogP) is 6.26. The van der Waals surface area contributed by atoms with Crippen molar-refractivity contribution in [1.29, 1.82) is 0 Å². The highest BCUT2D eigenvalue weighted by atomic mass is 32.2. The summed E-state index contributed by atoms with van der Waals surface area (Å²) in [4.78, 5) is 14.4. The van der Waals surface area contributed by atoms with Crippen LogP contribution in [0.2, 0.25) is 0 Å². The molecule has 4 aromatic carbocycles. The van der Waals surface area contributed by atoms with E-state index in [1.165, 1.54) is 0 Å². The first-order valence-corrected chi connectivity index (χ1v) is 18.1. The largest absolute Gasteiger partial charge is 0.497 e. The van der Waals surface area contributed by atoms with E-state index in [0.29, 0.717) is 11.5 Å². The minimum Gasteiger partial charge on any atom is -0.497 e. The van der Waals surface area contributed by atoms with Crippen LogP contribution in [0, 0.1) is 11.8 Å². The van der Waals surface area contributed by atoms with Crippen LogP contribution in [-0.4, -0.2) is 47.3 Å². The van der Waals surface area contributed by atoms with Gasteiger partial charge in [0.05, 0.1) is 34.5 Å². The van der Waals surface area contributed by atoms with Gasteiger partial charge in [-0.05, 0) is 78.4 Å². The smallest absolute Gasteiger partial charge is 0.182 e. The number of benzene rings is 4. The van der Waals surface area contributed by atoms with Crippen LogP contribution in [0.3, 0.4) is 0 Å². The van der Waals surface area contributed by atoms with E-state index in [1.807, 2.05) is 24.3 Å². The molecule has 45 heavy (non-hydrogen) atoms. The van der Waals surface area contributed by atoms with E-state index < -0.39 is 53.8 Å². The van der Waals surface area contributed by atoms with E-state index >= 15 is 0 Å². The zero-order chi connectivity index (χ0) is 31.8. The van der Waals surface area contributed by atoms with E-state index in [0.717, 1.165) is 11.1 Å². The Kier molecular flexibility index (Phi) is 8.59. The Bertz CT molecular complexity index is 1860. The summed E-state index contributed by atoms with van der Waals surface area (Å²) in [6.07, 6.45) is 0.284. The Hall–Kier alpha value is -3.95. The van der Waals surface area contributed by atoms with Crippen molar-refractivity contribution in [3.8, 4) is 11.5 Å². The lowest BCUT2D eigenvalue weighted by molar-refractivity contribution is -0.128. The van der Waals surface area contributed by atoms with Crippen LogP contribution in [0.4, 0.5) is 0 Å². The van der Waals surface area contributed by atoms with Gasteiger partial charge in [-0.3, -0.25) is 4.79 Å². The van der Waals surface area contributed by atoms with Crippen molar-refractivity contribution in [3.63, 3.8) is 0 Å². The molecule has 0 bridgehead atoms. The predicted molar refractivity (Wildman–Crippen MR) is 172 cm³/mol. The van der Waals surface area contributed by atoms with Crippen LogP contribution in [0.15, 0.2) is 119 Å². The highest BCUT2D eigenvalue weighted by Crippen LogP contribution is 2.54. The Morgan fingerprint density at radius 2 is 1.02 bits per heavy atom. The zero-order valence-electron chi connectivity index (χ0n) is 25.2. The van der Waals surface area contributed by atoms with Crippen LogP contribution in [0.5, 0.6) is 11.5 Å². The number of rotatable bonds is 8. The summed E-state index contributed by atoms with van der Waals surface area (Å²) < 4.78 is 68.4. The second kappa shape index (κ2) is 12.4. The molecule has 0 amide bonds. The molecule has 4 unspecified atom stereocenters. The Balaban J connectivity index is 1.50. The van der Waals surface area contributed by atoms with Gasteiger partial charge >= 0.3 is 0 Å². The molecule has 0 N–H and O–H groups in total. The van der Waals surface area contributed by atoms with Gasteiger partial charge in [-0.1, -0.05) is 60.7 Å². The van der Waals surface area contributed by atoms with Gasteiger partial charge in [-0.2, -0.15) is 0 Å². The van der Waals surface area contributed by atoms with Crippen LogP contribution in [-0.2, 0) is 24.5 Å². The normalized spacial score (nSPS) is 25.2. The number of ketones is 1. The second-order valence-electron chi connectivity index (χ2n) is 11.9. The van der Waals surface area contributed by atoms with Gasteiger partial charge in [-0.15, -0.1) is 0 Å². The van der Waals surface area contributed by atoms with Crippen LogP contribution >= 0.6 is 0 Å². The molecule has 7 nitrogen and oxygen atoms in total.